The number of benzene rings is 1. The van der Waals surface area contributed by atoms with Crippen LogP contribution in [0.2, 0.25) is 0 Å². The van der Waals surface area contributed by atoms with Crippen LogP contribution in [0.1, 0.15) is 42.5 Å². The van der Waals surface area contributed by atoms with Gasteiger partial charge in [0.05, 0.1) is 16.1 Å². The molecule has 0 saturated heterocycles. The number of hydrogen-bond donors (Lipinski definition) is 2. The monoisotopic (exact) mass is 380 g/mol. The number of rotatable bonds is 5. The van der Waals surface area contributed by atoms with Gasteiger partial charge in [-0.2, -0.15) is 0 Å². The molecule has 0 spiro atoms. The van der Waals surface area contributed by atoms with Gasteiger partial charge in [-0.25, -0.2) is 19.7 Å². The van der Waals surface area contributed by atoms with E-state index < -0.39 is 5.97 Å². The molecule has 1 aliphatic carbocycles. The van der Waals surface area contributed by atoms with Gasteiger partial charge in [0.1, 0.15) is 5.01 Å². The minimum atomic E-state index is -0.930. The molecule has 2 heterocycles. The lowest BCUT2D eigenvalue weighted by atomic mass is 9.96. The smallest absolute Gasteiger partial charge is 0.335 e. The molecule has 2 aromatic heterocycles. The zero-order valence-corrected chi connectivity index (χ0v) is 15.6. The van der Waals surface area contributed by atoms with Crippen LogP contribution >= 0.6 is 11.3 Å². The highest BCUT2D eigenvalue weighted by Gasteiger charge is 2.15. The second kappa shape index (κ2) is 7.84. The molecule has 138 valence electrons. The van der Waals surface area contributed by atoms with Crippen molar-refractivity contribution in [3.63, 3.8) is 0 Å². The average Bonchev–Trinajstić information content (AvgIpc) is 3.19. The van der Waals surface area contributed by atoms with Crippen molar-refractivity contribution in [2.75, 3.05) is 5.32 Å². The first-order valence-electron chi connectivity index (χ1n) is 9.08. The Balaban J connectivity index is 1.52. The number of hydrogen-bond acceptors (Lipinski definition) is 6. The molecule has 27 heavy (non-hydrogen) atoms. The highest BCUT2D eigenvalue weighted by Crippen LogP contribution is 2.31. The van der Waals surface area contributed by atoms with E-state index in [0.717, 1.165) is 21.1 Å². The van der Waals surface area contributed by atoms with Crippen molar-refractivity contribution in [2.45, 2.75) is 38.1 Å². The molecular formula is C20H20N4O2S. The van der Waals surface area contributed by atoms with Gasteiger partial charge in [0, 0.05) is 24.0 Å². The van der Waals surface area contributed by atoms with E-state index in [0.29, 0.717) is 12.0 Å². The number of nitrogens with one attached hydrogen (secondary N) is 1. The van der Waals surface area contributed by atoms with Crippen molar-refractivity contribution in [1.82, 2.24) is 15.0 Å². The van der Waals surface area contributed by atoms with E-state index in [2.05, 4.69) is 20.3 Å². The summed E-state index contributed by atoms with van der Waals surface area (Å²) in [4.78, 5) is 25.4. The summed E-state index contributed by atoms with van der Waals surface area (Å²) in [6.45, 7) is 0. The second-order valence-electron chi connectivity index (χ2n) is 6.66. The molecule has 1 aliphatic rings. The maximum Gasteiger partial charge on any atom is 0.335 e. The Morgan fingerprint density at radius 2 is 1.85 bits per heavy atom. The highest BCUT2D eigenvalue weighted by molar-refractivity contribution is 7.18. The SMILES string of the molecule is O=C(O)c1ccc(-c2ncc(-c3ccnc(NC4CCCCC4)n3)s2)cc1. The van der Waals surface area contributed by atoms with Crippen molar-refractivity contribution in [3.8, 4) is 21.1 Å². The fourth-order valence-corrected chi connectivity index (χ4v) is 4.17. The molecule has 0 bridgehead atoms. The molecule has 0 radical (unpaired) electrons. The van der Waals surface area contributed by atoms with Gasteiger partial charge in [-0.15, -0.1) is 11.3 Å². The Labute approximate surface area is 161 Å². The van der Waals surface area contributed by atoms with E-state index in [-0.39, 0.29) is 5.56 Å². The van der Waals surface area contributed by atoms with E-state index in [9.17, 15) is 4.79 Å². The summed E-state index contributed by atoms with van der Waals surface area (Å²) in [6.07, 6.45) is 9.75. The number of nitrogens with zero attached hydrogens (tertiary/aromatic N) is 3. The zero-order valence-electron chi connectivity index (χ0n) is 14.8. The van der Waals surface area contributed by atoms with Gasteiger partial charge in [-0.3, -0.25) is 0 Å². The summed E-state index contributed by atoms with van der Waals surface area (Å²) in [7, 11) is 0. The van der Waals surface area contributed by atoms with Crippen LogP contribution in [0.4, 0.5) is 5.95 Å². The van der Waals surface area contributed by atoms with Crippen LogP contribution in [0.25, 0.3) is 21.1 Å². The summed E-state index contributed by atoms with van der Waals surface area (Å²) >= 11 is 1.53. The zero-order chi connectivity index (χ0) is 18.6. The van der Waals surface area contributed by atoms with Gasteiger partial charge >= 0.3 is 5.97 Å². The van der Waals surface area contributed by atoms with Gasteiger partial charge in [0.25, 0.3) is 0 Å². The summed E-state index contributed by atoms with van der Waals surface area (Å²) < 4.78 is 0. The van der Waals surface area contributed by atoms with Crippen molar-refractivity contribution >= 4 is 23.3 Å². The summed E-state index contributed by atoms with van der Waals surface area (Å²) in [6, 6.07) is 9.09. The van der Waals surface area contributed by atoms with Crippen LogP contribution in [0.3, 0.4) is 0 Å². The van der Waals surface area contributed by atoms with Gasteiger partial charge in [0.2, 0.25) is 5.95 Å². The maximum absolute atomic E-state index is 11.0. The topological polar surface area (TPSA) is 88.0 Å². The van der Waals surface area contributed by atoms with Crippen LogP contribution in [-0.2, 0) is 0 Å². The van der Waals surface area contributed by atoms with E-state index in [1.54, 1.807) is 36.7 Å². The van der Waals surface area contributed by atoms with Crippen LogP contribution in [0.5, 0.6) is 0 Å². The number of carboxylic acids is 1. The minimum absolute atomic E-state index is 0.268. The van der Waals surface area contributed by atoms with Crippen molar-refractivity contribution < 1.29 is 9.90 Å². The fraction of sp³-hybridized carbons (Fsp3) is 0.300. The number of thiazole rings is 1. The van der Waals surface area contributed by atoms with E-state index in [4.69, 9.17) is 5.11 Å². The van der Waals surface area contributed by atoms with Crippen LogP contribution in [-0.4, -0.2) is 32.1 Å². The summed E-state index contributed by atoms with van der Waals surface area (Å²) in [5, 5.41) is 13.3. The van der Waals surface area contributed by atoms with E-state index in [1.807, 2.05) is 6.07 Å². The highest BCUT2D eigenvalue weighted by atomic mass is 32.1. The first kappa shape index (κ1) is 17.6. The third kappa shape index (κ3) is 4.14. The van der Waals surface area contributed by atoms with Gasteiger partial charge in [0.15, 0.2) is 0 Å². The molecule has 1 saturated carbocycles. The quantitative estimate of drug-likeness (QED) is 0.666. The Hall–Kier alpha value is -2.80. The normalized spacial score (nSPS) is 14.8. The lowest BCUT2D eigenvalue weighted by Crippen LogP contribution is -2.23. The standard InChI is InChI=1S/C20H20N4O2S/c25-19(26)14-8-6-13(7-9-14)18-22-12-17(27-18)16-10-11-21-20(24-16)23-15-4-2-1-3-5-15/h6-12,15H,1-5H2,(H,25,26)(H,21,23,24). The second-order valence-corrected chi connectivity index (χ2v) is 7.69. The Morgan fingerprint density at radius 3 is 2.59 bits per heavy atom. The molecule has 2 N–H and O–H groups in total. The van der Waals surface area contributed by atoms with Gasteiger partial charge in [-0.1, -0.05) is 31.4 Å². The van der Waals surface area contributed by atoms with Crippen LogP contribution in [0.15, 0.2) is 42.7 Å². The van der Waals surface area contributed by atoms with Crippen LogP contribution in [0, 0.1) is 0 Å². The molecular weight excluding hydrogens is 360 g/mol. The Kier molecular flexibility index (Phi) is 5.11. The van der Waals surface area contributed by atoms with Gasteiger partial charge in [-0.05, 0) is 31.0 Å². The molecule has 3 aromatic rings. The number of carboxylic acid groups (broad SMARTS) is 1. The number of aromatic nitrogens is 3. The van der Waals surface area contributed by atoms with Crippen molar-refractivity contribution in [1.29, 1.82) is 0 Å². The predicted octanol–water partition coefficient (Wildman–Crippen LogP) is 4.71. The van der Waals surface area contributed by atoms with E-state index >= 15 is 0 Å². The molecule has 0 atom stereocenters. The first-order chi connectivity index (χ1) is 13.2. The summed E-state index contributed by atoms with van der Waals surface area (Å²) in [5.74, 6) is -0.263. The predicted molar refractivity (Wildman–Crippen MR) is 106 cm³/mol. The number of anilines is 1. The van der Waals surface area contributed by atoms with E-state index in [1.165, 1.54) is 43.4 Å². The molecule has 0 amide bonds. The van der Waals surface area contributed by atoms with Crippen LogP contribution < -0.4 is 5.32 Å². The average molecular weight is 380 g/mol. The molecule has 0 unspecified atom stereocenters. The molecule has 4 rings (SSSR count). The first-order valence-corrected chi connectivity index (χ1v) is 9.90. The number of carbonyl (C=O) groups is 1. The third-order valence-electron chi connectivity index (χ3n) is 4.73. The Morgan fingerprint density at radius 1 is 1.07 bits per heavy atom. The molecule has 6 nitrogen and oxygen atoms in total. The molecule has 1 fully saturated rings. The van der Waals surface area contributed by atoms with Crippen molar-refractivity contribution in [2.24, 2.45) is 0 Å². The number of aromatic carboxylic acids is 1. The third-order valence-corrected chi connectivity index (χ3v) is 5.80. The van der Waals surface area contributed by atoms with Crippen molar-refractivity contribution in [3.05, 3.63) is 48.3 Å². The minimum Gasteiger partial charge on any atom is -0.478 e. The Bertz CT molecular complexity index is 933. The lowest BCUT2D eigenvalue weighted by Gasteiger charge is -2.22. The maximum atomic E-state index is 11.0. The van der Waals surface area contributed by atoms with Gasteiger partial charge < -0.3 is 10.4 Å². The fourth-order valence-electron chi connectivity index (χ4n) is 3.28. The summed E-state index contributed by atoms with van der Waals surface area (Å²) in [5.41, 5.74) is 2.00. The largest absolute Gasteiger partial charge is 0.478 e. The molecule has 7 heteroatoms. The lowest BCUT2D eigenvalue weighted by molar-refractivity contribution is 0.0697. The molecule has 0 aliphatic heterocycles. The molecule has 1 aromatic carbocycles.